The van der Waals surface area contributed by atoms with Crippen LogP contribution in [0.15, 0.2) is 132 Å². The van der Waals surface area contributed by atoms with Crippen molar-refractivity contribution in [2.45, 2.75) is 0 Å². The molecule has 2 heterocycles. The molecule has 0 fully saturated rings. The molecule has 0 N–H and O–H groups in total. The summed E-state index contributed by atoms with van der Waals surface area (Å²) in [6.45, 7) is 0. The Labute approximate surface area is 235 Å². The topological polar surface area (TPSA) is 36.9 Å². The molecule has 0 bridgehead atoms. The lowest BCUT2D eigenvalue weighted by molar-refractivity contribution is 0.669. The third kappa shape index (κ3) is 3.41. The summed E-state index contributed by atoms with van der Waals surface area (Å²) in [6.07, 6.45) is 0. The van der Waals surface area contributed by atoms with E-state index in [0.29, 0.717) is 5.56 Å². The molecule has 2 nitrogen and oxygen atoms in total. The molecule has 3 heteroatoms. The molecule has 0 saturated carbocycles. The van der Waals surface area contributed by atoms with Crippen LogP contribution >= 0.6 is 11.3 Å². The van der Waals surface area contributed by atoms with Crippen molar-refractivity contribution >= 4 is 53.4 Å². The first-order chi connectivity index (χ1) is 19.8. The summed E-state index contributed by atoms with van der Waals surface area (Å²) < 4.78 is 8.76. The van der Waals surface area contributed by atoms with Crippen molar-refractivity contribution in [3.63, 3.8) is 0 Å². The number of nitriles is 1. The highest BCUT2D eigenvalue weighted by atomic mass is 32.1. The fourth-order valence-electron chi connectivity index (χ4n) is 5.99. The number of nitrogens with zero attached hydrogens (tertiary/aromatic N) is 1. The maximum Gasteiger partial charge on any atom is 0.136 e. The zero-order valence-corrected chi connectivity index (χ0v) is 22.2. The Morgan fingerprint density at radius 1 is 0.500 bits per heavy atom. The third-order valence-electron chi connectivity index (χ3n) is 7.74. The van der Waals surface area contributed by atoms with Crippen LogP contribution in [0.5, 0.6) is 0 Å². The van der Waals surface area contributed by atoms with Gasteiger partial charge in [-0.1, -0.05) is 91.0 Å². The maximum atomic E-state index is 10.6. The van der Waals surface area contributed by atoms with Gasteiger partial charge in [0.05, 0.1) is 5.56 Å². The highest BCUT2D eigenvalue weighted by molar-refractivity contribution is 7.25. The summed E-state index contributed by atoms with van der Waals surface area (Å²) in [4.78, 5) is 0. The first-order valence-corrected chi connectivity index (χ1v) is 14.1. The van der Waals surface area contributed by atoms with E-state index in [1.807, 2.05) is 59.9 Å². The Bertz CT molecular complexity index is 2280. The lowest BCUT2D eigenvalue weighted by atomic mass is 9.86. The van der Waals surface area contributed by atoms with Crippen LogP contribution in [-0.2, 0) is 0 Å². The summed E-state index contributed by atoms with van der Waals surface area (Å²) in [5.74, 6) is 0. The lowest BCUT2D eigenvalue weighted by Crippen LogP contribution is -1.93. The molecule has 0 radical (unpaired) electrons. The third-order valence-corrected chi connectivity index (χ3v) is 8.88. The summed E-state index contributed by atoms with van der Waals surface area (Å²) in [6, 6.07) is 46.6. The van der Waals surface area contributed by atoms with Crippen LogP contribution in [0.2, 0.25) is 0 Å². The van der Waals surface area contributed by atoms with E-state index in [9.17, 15) is 5.26 Å². The SMILES string of the molecule is N#Cc1c(-c2ccccc2)cc(-c2cccc3sc4ccccc4c23)cc1-c1cccc2oc3ccccc3c12. The number of furan rings is 1. The van der Waals surface area contributed by atoms with Gasteiger partial charge >= 0.3 is 0 Å². The smallest absolute Gasteiger partial charge is 0.136 e. The normalized spacial score (nSPS) is 11.5. The van der Waals surface area contributed by atoms with Gasteiger partial charge in [0.2, 0.25) is 0 Å². The van der Waals surface area contributed by atoms with Gasteiger partial charge in [0.15, 0.2) is 0 Å². The van der Waals surface area contributed by atoms with E-state index in [0.717, 1.165) is 49.8 Å². The molecular formula is C37H21NOS. The largest absolute Gasteiger partial charge is 0.456 e. The van der Waals surface area contributed by atoms with E-state index in [1.54, 1.807) is 0 Å². The average molecular weight is 528 g/mol. The van der Waals surface area contributed by atoms with Crippen LogP contribution in [0.3, 0.4) is 0 Å². The van der Waals surface area contributed by atoms with Crippen LogP contribution < -0.4 is 0 Å². The Kier molecular flexibility index (Phi) is 5.10. The van der Waals surface area contributed by atoms with Crippen LogP contribution in [0.25, 0.3) is 75.5 Å². The Hall–Kier alpha value is -5.17. The van der Waals surface area contributed by atoms with Gasteiger partial charge in [-0.2, -0.15) is 5.26 Å². The number of thiophene rings is 1. The van der Waals surface area contributed by atoms with Gasteiger partial charge in [0, 0.05) is 42.1 Å². The Morgan fingerprint density at radius 2 is 1.18 bits per heavy atom. The fraction of sp³-hybridized carbons (Fsp3) is 0. The first-order valence-electron chi connectivity index (χ1n) is 13.2. The minimum absolute atomic E-state index is 0.662. The second-order valence-electron chi connectivity index (χ2n) is 9.98. The number of hydrogen-bond donors (Lipinski definition) is 0. The average Bonchev–Trinajstić information content (AvgIpc) is 3.59. The van der Waals surface area contributed by atoms with Crippen LogP contribution in [0.4, 0.5) is 0 Å². The highest BCUT2D eigenvalue weighted by Gasteiger charge is 2.20. The summed E-state index contributed by atoms with van der Waals surface area (Å²) >= 11 is 1.82. The van der Waals surface area contributed by atoms with Crippen molar-refractivity contribution in [1.82, 2.24) is 0 Å². The summed E-state index contributed by atoms with van der Waals surface area (Å²) in [5, 5.41) is 15.2. The number of fused-ring (bicyclic) bond motifs is 6. The molecule has 2 aromatic heterocycles. The lowest BCUT2D eigenvalue weighted by Gasteiger charge is -2.16. The molecule has 6 aromatic carbocycles. The van der Waals surface area contributed by atoms with Crippen molar-refractivity contribution in [2.75, 3.05) is 0 Å². The van der Waals surface area contributed by atoms with Crippen LogP contribution in [0, 0.1) is 11.3 Å². The van der Waals surface area contributed by atoms with Crippen LogP contribution in [0.1, 0.15) is 5.56 Å². The number of hydrogen-bond acceptors (Lipinski definition) is 3. The zero-order chi connectivity index (χ0) is 26.6. The first kappa shape index (κ1) is 22.8. The van der Waals surface area contributed by atoms with Gasteiger partial charge in [-0.05, 0) is 58.7 Å². The molecule has 0 saturated heterocycles. The maximum absolute atomic E-state index is 10.6. The van der Waals surface area contributed by atoms with Crippen molar-refractivity contribution in [3.05, 3.63) is 133 Å². The van der Waals surface area contributed by atoms with Crippen molar-refractivity contribution in [3.8, 4) is 39.4 Å². The van der Waals surface area contributed by atoms with Gasteiger partial charge in [-0.3, -0.25) is 0 Å². The van der Waals surface area contributed by atoms with E-state index in [2.05, 4.69) is 84.9 Å². The molecular weight excluding hydrogens is 506 g/mol. The Balaban J connectivity index is 1.51. The van der Waals surface area contributed by atoms with Crippen molar-refractivity contribution in [1.29, 1.82) is 5.26 Å². The molecule has 0 aliphatic heterocycles. The quantitative estimate of drug-likeness (QED) is 0.229. The van der Waals surface area contributed by atoms with E-state index in [4.69, 9.17) is 4.42 Å². The number of benzene rings is 6. The Morgan fingerprint density at radius 3 is 2.05 bits per heavy atom. The predicted molar refractivity (Wildman–Crippen MR) is 168 cm³/mol. The van der Waals surface area contributed by atoms with E-state index in [1.165, 1.54) is 25.7 Å². The molecule has 40 heavy (non-hydrogen) atoms. The summed E-state index contributed by atoms with van der Waals surface area (Å²) in [7, 11) is 0. The van der Waals surface area contributed by atoms with Crippen molar-refractivity contribution in [2.24, 2.45) is 0 Å². The molecule has 0 amide bonds. The molecule has 0 spiro atoms. The minimum Gasteiger partial charge on any atom is -0.456 e. The predicted octanol–water partition coefficient (Wildman–Crippen LogP) is 10.8. The van der Waals surface area contributed by atoms with Crippen molar-refractivity contribution < 1.29 is 4.42 Å². The van der Waals surface area contributed by atoms with Crippen LogP contribution in [-0.4, -0.2) is 0 Å². The van der Waals surface area contributed by atoms with Gasteiger partial charge in [0.25, 0.3) is 0 Å². The molecule has 0 unspecified atom stereocenters. The van der Waals surface area contributed by atoms with Gasteiger partial charge in [-0.15, -0.1) is 11.3 Å². The monoisotopic (exact) mass is 527 g/mol. The molecule has 0 aliphatic rings. The second kappa shape index (κ2) is 8.95. The zero-order valence-electron chi connectivity index (χ0n) is 21.4. The fourth-order valence-corrected chi connectivity index (χ4v) is 7.12. The van der Waals surface area contributed by atoms with E-state index < -0.39 is 0 Å². The highest BCUT2D eigenvalue weighted by Crippen LogP contribution is 2.45. The van der Waals surface area contributed by atoms with Gasteiger partial charge < -0.3 is 4.42 Å². The molecule has 186 valence electrons. The second-order valence-corrected chi connectivity index (χ2v) is 11.1. The summed E-state index contributed by atoms with van der Waals surface area (Å²) in [5.41, 5.74) is 8.44. The number of rotatable bonds is 3. The standard InChI is InChI=1S/C37H21NOS/c38-22-31-29(23-10-2-1-3-11-23)20-24(25-14-9-19-35-37(25)28-13-5-7-18-34(28)40-35)21-30(31)26-15-8-17-33-36(26)27-12-4-6-16-32(27)39-33/h1-21H. The molecule has 0 aliphatic carbocycles. The minimum atomic E-state index is 0.662. The van der Waals surface area contributed by atoms with E-state index >= 15 is 0 Å². The van der Waals surface area contributed by atoms with Gasteiger partial charge in [-0.25, -0.2) is 0 Å². The molecule has 0 atom stereocenters. The molecule has 8 rings (SSSR count). The number of para-hydroxylation sites is 1. The van der Waals surface area contributed by atoms with Gasteiger partial charge in [0.1, 0.15) is 17.2 Å². The van der Waals surface area contributed by atoms with E-state index in [-0.39, 0.29) is 0 Å². The molecule has 8 aromatic rings.